The van der Waals surface area contributed by atoms with E-state index in [1.165, 1.54) is 16.1 Å². The first-order chi connectivity index (χ1) is 11.6. The smallest absolute Gasteiger partial charge is 0.220 e. The Morgan fingerprint density at radius 1 is 1.29 bits per heavy atom. The molecule has 1 aromatic heterocycles. The van der Waals surface area contributed by atoms with Crippen molar-refractivity contribution in [1.29, 1.82) is 0 Å². The van der Waals surface area contributed by atoms with Crippen LogP contribution in [-0.2, 0) is 17.9 Å². The van der Waals surface area contributed by atoms with Crippen LogP contribution in [0.25, 0.3) is 0 Å². The third-order valence-electron chi connectivity index (χ3n) is 4.59. The van der Waals surface area contributed by atoms with Crippen LogP contribution in [0.15, 0.2) is 41.8 Å². The van der Waals surface area contributed by atoms with Gasteiger partial charge in [0.2, 0.25) is 5.91 Å². The second kappa shape index (κ2) is 7.81. The Morgan fingerprint density at radius 2 is 2.08 bits per heavy atom. The van der Waals surface area contributed by atoms with Crippen LogP contribution in [0.1, 0.15) is 30.2 Å². The molecular formula is C19H25N3OS. The molecule has 5 heteroatoms. The van der Waals surface area contributed by atoms with E-state index in [9.17, 15) is 4.79 Å². The Labute approximate surface area is 147 Å². The summed E-state index contributed by atoms with van der Waals surface area (Å²) in [5, 5.41) is 8.69. The molecule has 1 aliphatic rings. The lowest BCUT2D eigenvalue weighted by atomic mass is 9.99. The predicted molar refractivity (Wildman–Crippen MR) is 100 cm³/mol. The van der Waals surface area contributed by atoms with Gasteiger partial charge in [-0.15, -0.1) is 11.3 Å². The number of rotatable bonds is 6. The van der Waals surface area contributed by atoms with Crippen LogP contribution in [0.5, 0.6) is 0 Å². The second-order valence-corrected chi connectivity index (χ2v) is 7.52. The van der Waals surface area contributed by atoms with Crippen LogP contribution in [0, 0.1) is 0 Å². The Bertz CT molecular complexity index is 654. The molecule has 3 rings (SSSR count). The van der Waals surface area contributed by atoms with Crippen molar-refractivity contribution in [2.45, 2.75) is 44.9 Å². The van der Waals surface area contributed by atoms with Gasteiger partial charge in [0.25, 0.3) is 0 Å². The third-order valence-corrected chi connectivity index (χ3v) is 5.45. The summed E-state index contributed by atoms with van der Waals surface area (Å²) in [4.78, 5) is 15.0. The fraction of sp³-hybridized carbons (Fsp3) is 0.421. The van der Waals surface area contributed by atoms with Crippen LogP contribution in [-0.4, -0.2) is 25.0 Å². The number of amides is 1. The van der Waals surface area contributed by atoms with Crippen molar-refractivity contribution in [3.63, 3.8) is 0 Å². The van der Waals surface area contributed by atoms with Gasteiger partial charge >= 0.3 is 0 Å². The van der Waals surface area contributed by atoms with Crippen molar-refractivity contribution >= 4 is 22.9 Å². The molecule has 0 aliphatic carbocycles. The normalized spacial score (nSPS) is 20.7. The lowest BCUT2D eigenvalue weighted by molar-refractivity contribution is -0.123. The second-order valence-electron chi connectivity index (χ2n) is 6.48. The van der Waals surface area contributed by atoms with E-state index < -0.39 is 0 Å². The van der Waals surface area contributed by atoms with Gasteiger partial charge in [-0.3, -0.25) is 4.79 Å². The lowest BCUT2D eigenvalue weighted by Crippen LogP contribution is -2.52. The number of nitrogens with one attached hydrogen (secondary N) is 2. The molecule has 24 heavy (non-hydrogen) atoms. The van der Waals surface area contributed by atoms with Gasteiger partial charge in [-0.25, -0.2) is 0 Å². The highest BCUT2D eigenvalue weighted by Gasteiger charge is 2.24. The number of carbonyl (C=O) groups is 1. The number of anilines is 1. The van der Waals surface area contributed by atoms with Gasteiger partial charge in [-0.1, -0.05) is 18.2 Å². The molecule has 0 saturated carbocycles. The average Bonchev–Trinajstić information content (AvgIpc) is 3.07. The Kier molecular flexibility index (Phi) is 5.53. The highest BCUT2D eigenvalue weighted by Crippen LogP contribution is 2.19. The first kappa shape index (κ1) is 17.0. The van der Waals surface area contributed by atoms with Crippen LogP contribution < -0.4 is 15.5 Å². The molecule has 0 spiro atoms. The van der Waals surface area contributed by atoms with Crippen molar-refractivity contribution in [2.24, 2.45) is 0 Å². The summed E-state index contributed by atoms with van der Waals surface area (Å²) >= 11 is 1.79. The van der Waals surface area contributed by atoms with Gasteiger partial charge in [0.05, 0.1) is 6.54 Å². The number of nitrogens with zero attached hydrogens (tertiary/aromatic N) is 1. The average molecular weight is 343 g/mol. The van der Waals surface area contributed by atoms with E-state index in [4.69, 9.17) is 0 Å². The van der Waals surface area contributed by atoms with Crippen molar-refractivity contribution in [3.05, 3.63) is 52.2 Å². The summed E-state index contributed by atoms with van der Waals surface area (Å²) in [6.45, 7) is 3.84. The van der Waals surface area contributed by atoms with Crippen molar-refractivity contribution in [3.8, 4) is 0 Å². The summed E-state index contributed by atoms with van der Waals surface area (Å²) in [7, 11) is 2.12. The molecule has 1 aliphatic heterocycles. The van der Waals surface area contributed by atoms with E-state index in [0.29, 0.717) is 12.5 Å². The molecule has 1 aromatic carbocycles. The maximum atomic E-state index is 11.4. The van der Waals surface area contributed by atoms with Gasteiger partial charge in [-0.05, 0) is 42.5 Å². The molecule has 1 amide bonds. The molecule has 0 radical (unpaired) electrons. The standard InChI is InChI=1S/C19H25N3OS/c1-14-18(9-10-19(23)21-14)20-12-15-5-7-16(8-6-15)22(2)13-17-4-3-11-24-17/h3-8,11,14,18,20H,9-10,12-13H2,1-2H3,(H,21,23). The molecule has 1 fully saturated rings. The van der Waals surface area contributed by atoms with Gasteiger partial charge in [-0.2, -0.15) is 0 Å². The summed E-state index contributed by atoms with van der Waals surface area (Å²) in [5.41, 5.74) is 2.50. The highest BCUT2D eigenvalue weighted by atomic mass is 32.1. The summed E-state index contributed by atoms with van der Waals surface area (Å²) in [6.07, 6.45) is 1.53. The topological polar surface area (TPSA) is 44.4 Å². The molecule has 2 aromatic rings. The number of hydrogen-bond donors (Lipinski definition) is 2. The summed E-state index contributed by atoms with van der Waals surface area (Å²) in [6, 6.07) is 13.5. The van der Waals surface area contributed by atoms with Crippen LogP contribution >= 0.6 is 11.3 Å². The van der Waals surface area contributed by atoms with E-state index in [1.807, 2.05) is 0 Å². The number of hydrogen-bond acceptors (Lipinski definition) is 4. The van der Waals surface area contributed by atoms with Gasteiger partial charge in [0.1, 0.15) is 0 Å². The van der Waals surface area contributed by atoms with Crippen molar-refractivity contribution in [2.75, 3.05) is 11.9 Å². The first-order valence-electron chi connectivity index (χ1n) is 8.47. The molecule has 4 nitrogen and oxygen atoms in total. The number of thiophene rings is 1. The molecule has 2 unspecified atom stereocenters. The zero-order valence-electron chi connectivity index (χ0n) is 14.3. The number of benzene rings is 1. The molecule has 2 atom stereocenters. The van der Waals surface area contributed by atoms with Crippen molar-refractivity contribution in [1.82, 2.24) is 10.6 Å². The SMILES string of the molecule is CC1NC(=O)CCC1NCc1ccc(N(C)Cc2cccs2)cc1. The largest absolute Gasteiger partial charge is 0.369 e. The van der Waals surface area contributed by atoms with Crippen molar-refractivity contribution < 1.29 is 4.79 Å². The molecule has 2 heterocycles. The van der Waals surface area contributed by atoms with Crippen LogP contribution in [0.3, 0.4) is 0 Å². The molecular weight excluding hydrogens is 318 g/mol. The van der Waals surface area contributed by atoms with E-state index in [2.05, 4.69) is 71.3 Å². The maximum Gasteiger partial charge on any atom is 0.220 e. The Hall–Kier alpha value is -1.85. The van der Waals surface area contributed by atoms with E-state index in [0.717, 1.165) is 19.5 Å². The third kappa shape index (κ3) is 4.36. The van der Waals surface area contributed by atoms with Gasteiger partial charge in [0, 0.05) is 42.7 Å². The molecule has 128 valence electrons. The summed E-state index contributed by atoms with van der Waals surface area (Å²) in [5.74, 6) is 0.165. The highest BCUT2D eigenvalue weighted by molar-refractivity contribution is 7.09. The van der Waals surface area contributed by atoms with E-state index in [1.54, 1.807) is 11.3 Å². The minimum absolute atomic E-state index is 0.165. The zero-order chi connectivity index (χ0) is 16.9. The van der Waals surface area contributed by atoms with Gasteiger partial charge < -0.3 is 15.5 Å². The minimum Gasteiger partial charge on any atom is -0.369 e. The molecule has 0 bridgehead atoms. The quantitative estimate of drug-likeness (QED) is 0.847. The Balaban J connectivity index is 1.52. The van der Waals surface area contributed by atoms with Gasteiger partial charge in [0.15, 0.2) is 0 Å². The predicted octanol–water partition coefficient (Wildman–Crippen LogP) is 3.14. The molecule has 2 N–H and O–H groups in total. The fourth-order valence-corrected chi connectivity index (χ4v) is 3.84. The summed E-state index contributed by atoms with van der Waals surface area (Å²) < 4.78 is 0. The van der Waals surface area contributed by atoms with Crippen LogP contribution in [0.2, 0.25) is 0 Å². The van der Waals surface area contributed by atoms with Crippen LogP contribution in [0.4, 0.5) is 5.69 Å². The minimum atomic E-state index is 0.165. The zero-order valence-corrected chi connectivity index (χ0v) is 15.1. The monoisotopic (exact) mass is 343 g/mol. The molecule has 1 saturated heterocycles. The van der Waals surface area contributed by atoms with E-state index >= 15 is 0 Å². The number of carbonyl (C=O) groups excluding carboxylic acids is 1. The number of piperidine rings is 1. The Morgan fingerprint density at radius 3 is 2.75 bits per heavy atom. The maximum absolute atomic E-state index is 11.4. The first-order valence-corrected chi connectivity index (χ1v) is 9.35. The lowest BCUT2D eigenvalue weighted by Gasteiger charge is -2.30. The fourth-order valence-electron chi connectivity index (χ4n) is 3.09. The van der Waals surface area contributed by atoms with E-state index in [-0.39, 0.29) is 11.9 Å².